The molecule has 0 spiro atoms. The number of furan rings is 1. The largest absolute Gasteiger partial charge is 0.457 e. The topological polar surface area (TPSA) is 49.0 Å². The number of hydrogen-bond acceptors (Lipinski definition) is 5. The van der Waals surface area contributed by atoms with Gasteiger partial charge in [-0.15, -0.1) is 0 Å². The lowest BCUT2D eigenvalue weighted by atomic mass is 10.1. The second-order valence-electron chi connectivity index (χ2n) is 8.09. The van der Waals surface area contributed by atoms with Crippen LogP contribution >= 0.6 is 11.8 Å². The van der Waals surface area contributed by atoms with E-state index >= 15 is 0 Å². The number of hydrogen-bond donors (Lipinski definition) is 0. The van der Waals surface area contributed by atoms with Crippen molar-refractivity contribution in [2.75, 3.05) is 31.1 Å². The first-order chi connectivity index (χ1) is 15.6. The predicted octanol–water partition coefficient (Wildman–Crippen LogP) is 5.36. The maximum atomic E-state index is 12.5. The molecule has 0 bridgehead atoms. The zero-order valence-electron chi connectivity index (χ0n) is 18.2. The molecule has 3 heterocycles. The summed E-state index contributed by atoms with van der Waals surface area (Å²) < 4.78 is 6.00. The summed E-state index contributed by atoms with van der Waals surface area (Å²) in [5, 5.41) is 0.788. The van der Waals surface area contributed by atoms with Crippen LogP contribution in [0.4, 0.5) is 5.69 Å². The second-order valence-corrected chi connectivity index (χ2v) is 9.10. The standard InChI is InChI=1S/C26H25N3O2S/c1-18-7-3-5-9-21(18)23-12-11-20(31-23)17-24-25(30)27-26(32-24)29-15-13-28(14-16-29)22-10-6-4-8-19(22)2/h3-12,17H,13-16H2,1-2H3/b24-17+. The van der Waals surface area contributed by atoms with E-state index in [-0.39, 0.29) is 5.91 Å². The fourth-order valence-electron chi connectivity index (χ4n) is 4.14. The third-order valence-electron chi connectivity index (χ3n) is 5.93. The molecule has 0 radical (unpaired) electrons. The average molecular weight is 444 g/mol. The Morgan fingerprint density at radius 3 is 2.31 bits per heavy atom. The van der Waals surface area contributed by atoms with Gasteiger partial charge in [0.15, 0.2) is 5.17 Å². The minimum absolute atomic E-state index is 0.194. The van der Waals surface area contributed by atoms with Crippen molar-refractivity contribution in [2.45, 2.75) is 13.8 Å². The van der Waals surface area contributed by atoms with Crippen LogP contribution in [0, 0.1) is 13.8 Å². The van der Waals surface area contributed by atoms with Crippen LogP contribution in [0.1, 0.15) is 16.9 Å². The number of aryl methyl sites for hydroxylation is 2. The summed E-state index contributed by atoms with van der Waals surface area (Å²) in [6.45, 7) is 7.72. The van der Waals surface area contributed by atoms with Gasteiger partial charge < -0.3 is 14.2 Å². The average Bonchev–Trinajstić information content (AvgIpc) is 3.42. The molecule has 2 aromatic carbocycles. The van der Waals surface area contributed by atoms with Crippen LogP contribution in [0.2, 0.25) is 0 Å². The van der Waals surface area contributed by atoms with Gasteiger partial charge in [0.2, 0.25) is 0 Å². The Hall–Kier alpha value is -3.25. The van der Waals surface area contributed by atoms with Gasteiger partial charge >= 0.3 is 0 Å². The van der Waals surface area contributed by atoms with E-state index in [0.29, 0.717) is 10.7 Å². The van der Waals surface area contributed by atoms with Gasteiger partial charge in [0.1, 0.15) is 11.5 Å². The summed E-state index contributed by atoms with van der Waals surface area (Å²) in [6, 6.07) is 20.4. The molecule has 6 heteroatoms. The van der Waals surface area contributed by atoms with Gasteiger partial charge in [-0.3, -0.25) is 4.79 Å². The maximum absolute atomic E-state index is 12.5. The summed E-state index contributed by atoms with van der Waals surface area (Å²) in [7, 11) is 0. The lowest BCUT2D eigenvalue weighted by Gasteiger charge is -2.37. The number of carbonyl (C=O) groups excluding carboxylic acids is 1. The van der Waals surface area contributed by atoms with Gasteiger partial charge in [-0.25, -0.2) is 0 Å². The maximum Gasteiger partial charge on any atom is 0.286 e. The van der Waals surface area contributed by atoms with Gasteiger partial charge in [-0.2, -0.15) is 4.99 Å². The first-order valence-electron chi connectivity index (χ1n) is 10.8. The molecule has 2 aliphatic rings. The van der Waals surface area contributed by atoms with Gasteiger partial charge in [-0.1, -0.05) is 42.5 Å². The van der Waals surface area contributed by atoms with Gasteiger partial charge in [0.05, 0.1) is 4.91 Å². The number of amidine groups is 1. The number of para-hydroxylation sites is 1. The van der Waals surface area contributed by atoms with E-state index in [2.05, 4.69) is 59.0 Å². The number of aliphatic imine (C=N–C) groups is 1. The molecule has 0 unspecified atom stereocenters. The van der Waals surface area contributed by atoms with Gasteiger partial charge in [0, 0.05) is 43.5 Å². The zero-order valence-corrected chi connectivity index (χ0v) is 19.1. The number of anilines is 1. The molecule has 0 aliphatic carbocycles. The fraction of sp³-hybridized carbons (Fsp3) is 0.231. The Labute approximate surface area is 192 Å². The molecule has 5 rings (SSSR count). The van der Waals surface area contributed by atoms with Crippen LogP contribution in [-0.4, -0.2) is 42.2 Å². The molecule has 1 aromatic heterocycles. The third kappa shape index (κ3) is 4.10. The van der Waals surface area contributed by atoms with Gasteiger partial charge in [-0.05, 0) is 54.9 Å². The Kier molecular flexibility index (Phi) is 5.62. The van der Waals surface area contributed by atoms with Crippen molar-refractivity contribution in [1.82, 2.24) is 4.90 Å². The summed E-state index contributed by atoms with van der Waals surface area (Å²) in [5.74, 6) is 1.28. The molecule has 1 fully saturated rings. The minimum Gasteiger partial charge on any atom is -0.457 e. The lowest BCUT2D eigenvalue weighted by Crippen LogP contribution is -2.48. The molecule has 162 valence electrons. The summed E-state index contributed by atoms with van der Waals surface area (Å²) >= 11 is 1.44. The molecule has 0 atom stereocenters. The highest BCUT2D eigenvalue weighted by molar-refractivity contribution is 8.18. The first kappa shape index (κ1) is 20.6. The fourth-order valence-corrected chi connectivity index (χ4v) is 5.09. The van der Waals surface area contributed by atoms with Crippen molar-refractivity contribution in [3.05, 3.63) is 82.5 Å². The van der Waals surface area contributed by atoms with Crippen LogP contribution in [-0.2, 0) is 4.79 Å². The number of thioether (sulfide) groups is 1. The van der Waals surface area contributed by atoms with E-state index in [0.717, 1.165) is 48.2 Å². The highest BCUT2D eigenvalue weighted by Crippen LogP contribution is 2.33. The highest BCUT2D eigenvalue weighted by Gasteiger charge is 2.29. The summed E-state index contributed by atoms with van der Waals surface area (Å²) in [5.41, 5.74) is 4.79. The normalized spacial score (nSPS) is 17.9. The van der Waals surface area contributed by atoms with Gasteiger partial charge in [0.25, 0.3) is 5.91 Å². The van der Waals surface area contributed by atoms with Crippen molar-refractivity contribution < 1.29 is 9.21 Å². The number of amides is 1. The Bertz CT molecular complexity index is 1220. The predicted molar refractivity (Wildman–Crippen MR) is 132 cm³/mol. The molecular weight excluding hydrogens is 418 g/mol. The highest BCUT2D eigenvalue weighted by atomic mass is 32.2. The minimum atomic E-state index is -0.194. The molecule has 0 N–H and O–H groups in total. The number of rotatable bonds is 3. The van der Waals surface area contributed by atoms with E-state index in [4.69, 9.17) is 4.42 Å². The zero-order chi connectivity index (χ0) is 22.1. The second kappa shape index (κ2) is 8.71. The van der Waals surface area contributed by atoms with E-state index in [1.54, 1.807) is 6.08 Å². The quantitative estimate of drug-likeness (QED) is 0.510. The Morgan fingerprint density at radius 1 is 0.875 bits per heavy atom. The van der Waals surface area contributed by atoms with Crippen molar-refractivity contribution in [3.8, 4) is 11.3 Å². The molecule has 1 saturated heterocycles. The van der Waals surface area contributed by atoms with Crippen molar-refractivity contribution in [2.24, 2.45) is 4.99 Å². The molecule has 3 aromatic rings. The SMILES string of the molecule is Cc1ccccc1-c1ccc(/C=C2/SC(N3CCN(c4ccccc4C)CC3)=NC2=O)o1. The van der Waals surface area contributed by atoms with Crippen LogP contribution in [0.5, 0.6) is 0 Å². The van der Waals surface area contributed by atoms with Crippen molar-refractivity contribution >= 4 is 34.6 Å². The van der Waals surface area contributed by atoms with Crippen LogP contribution in [0.15, 0.2) is 75.0 Å². The molecular formula is C26H25N3O2S. The van der Waals surface area contributed by atoms with Crippen molar-refractivity contribution in [1.29, 1.82) is 0 Å². The van der Waals surface area contributed by atoms with Crippen LogP contribution < -0.4 is 4.90 Å². The molecule has 5 nitrogen and oxygen atoms in total. The van der Waals surface area contributed by atoms with E-state index in [1.165, 1.54) is 23.0 Å². The van der Waals surface area contributed by atoms with E-state index in [1.807, 2.05) is 30.3 Å². The molecule has 1 amide bonds. The smallest absolute Gasteiger partial charge is 0.286 e. The molecule has 2 aliphatic heterocycles. The molecule has 32 heavy (non-hydrogen) atoms. The van der Waals surface area contributed by atoms with Crippen LogP contribution in [0.3, 0.4) is 0 Å². The number of carbonyl (C=O) groups is 1. The number of benzene rings is 2. The number of nitrogens with zero attached hydrogens (tertiary/aromatic N) is 3. The van der Waals surface area contributed by atoms with Crippen LogP contribution in [0.25, 0.3) is 17.4 Å². The monoisotopic (exact) mass is 443 g/mol. The number of piperazine rings is 1. The summed E-state index contributed by atoms with van der Waals surface area (Å²) in [6.07, 6.45) is 1.80. The third-order valence-corrected chi connectivity index (χ3v) is 6.97. The van der Waals surface area contributed by atoms with E-state index in [9.17, 15) is 4.79 Å². The Balaban J connectivity index is 1.25. The van der Waals surface area contributed by atoms with Crippen molar-refractivity contribution in [3.63, 3.8) is 0 Å². The summed E-state index contributed by atoms with van der Waals surface area (Å²) in [4.78, 5) is 22.1. The van der Waals surface area contributed by atoms with E-state index < -0.39 is 0 Å². The first-order valence-corrected chi connectivity index (χ1v) is 11.6. The lowest BCUT2D eigenvalue weighted by molar-refractivity contribution is -0.113. The molecule has 0 saturated carbocycles. The Morgan fingerprint density at radius 2 is 1.56 bits per heavy atom.